The van der Waals surface area contributed by atoms with E-state index in [0.717, 1.165) is 19.0 Å². The molecule has 1 amide bonds. The second-order valence-electron chi connectivity index (χ2n) is 5.39. The van der Waals surface area contributed by atoms with Crippen LogP contribution >= 0.6 is 0 Å². The average molecular weight is 226 g/mol. The summed E-state index contributed by atoms with van der Waals surface area (Å²) in [6.07, 6.45) is 5.16. The van der Waals surface area contributed by atoms with E-state index < -0.39 is 0 Å². The Morgan fingerprint density at radius 2 is 1.62 bits per heavy atom. The molecular formula is C13H26N2O. The van der Waals surface area contributed by atoms with Crippen molar-refractivity contribution in [3.63, 3.8) is 0 Å². The lowest BCUT2D eigenvalue weighted by Crippen LogP contribution is -2.33. The summed E-state index contributed by atoms with van der Waals surface area (Å²) in [5, 5.41) is 6.44. The highest BCUT2D eigenvalue weighted by Crippen LogP contribution is 2.27. The summed E-state index contributed by atoms with van der Waals surface area (Å²) in [5.41, 5.74) is 0. The van der Waals surface area contributed by atoms with Crippen LogP contribution in [0.15, 0.2) is 0 Å². The third-order valence-electron chi connectivity index (χ3n) is 3.42. The Balaban J connectivity index is 2.11. The maximum atomic E-state index is 10.8. The summed E-state index contributed by atoms with van der Waals surface area (Å²) in [6.45, 7) is 8.02. The highest BCUT2D eigenvalue weighted by atomic mass is 16.1. The van der Waals surface area contributed by atoms with Crippen molar-refractivity contribution in [3.05, 3.63) is 0 Å². The maximum Gasteiger partial charge on any atom is 0.216 e. The van der Waals surface area contributed by atoms with E-state index in [1.807, 2.05) is 0 Å². The van der Waals surface area contributed by atoms with Gasteiger partial charge in [-0.2, -0.15) is 0 Å². The molecule has 1 aliphatic rings. The summed E-state index contributed by atoms with van der Waals surface area (Å²) in [4.78, 5) is 10.8. The van der Waals surface area contributed by atoms with Gasteiger partial charge in [0.25, 0.3) is 0 Å². The van der Waals surface area contributed by atoms with E-state index in [9.17, 15) is 4.79 Å². The lowest BCUT2D eigenvalue weighted by atomic mass is 9.82. The van der Waals surface area contributed by atoms with Gasteiger partial charge in [-0.3, -0.25) is 4.79 Å². The van der Waals surface area contributed by atoms with Crippen molar-refractivity contribution >= 4 is 5.91 Å². The first kappa shape index (κ1) is 13.5. The Morgan fingerprint density at radius 1 is 1.12 bits per heavy atom. The molecule has 0 heterocycles. The summed E-state index contributed by atoms with van der Waals surface area (Å²) < 4.78 is 0. The minimum absolute atomic E-state index is 0.101. The van der Waals surface area contributed by atoms with E-state index in [-0.39, 0.29) is 5.91 Å². The van der Waals surface area contributed by atoms with Crippen LogP contribution in [0.1, 0.15) is 46.5 Å². The summed E-state index contributed by atoms with van der Waals surface area (Å²) >= 11 is 0. The maximum absolute atomic E-state index is 10.8. The van der Waals surface area contributed by atoms with Crippen molar-refractivity contribution in [1.82, 2.24) is 10.6 Å². The van der Waals surface area contributed by atoms with Gasteiger partial charge in [-0.05, 0) is 44.1 Å². The minimum atomic E-state index is 0.101. The zero-order chi connectivity index (χ0) is 12.0. The van der Waals surface area contributed by atoms with Gasteiger partial charge in [-0.15, -0.1) is 0 Å². The van der Waals surface area contributed by atoms with E-state index in [2.05, 4.69) is 24.5 Å². The van der Waals surface area contributed by atoms with Crippen LogP contribution in [0.5, 0.6) is 0 Å². The molecule has 0 aromatic heterocycles. The molecule has 1 saturated carbocycles. The number of nitrogens with one attached hydrogen (secondary N) is 2. The molecule has 0 spiro atoms. The topological polar surface area (TPSA) is 41.1 Å². The lowest BCUT2D eigenvalue weighted by Gasteiger charge is -2.29. The first-order valence-electron chi connectivity index (χ1n) is 6.55. The first-order valence-corrected chi connectivity index (χ1v) is 6.55. The molecule has 1 rings (SSSR count). The Labute approximate surface area is 99.4 Å². The molecule has 0 unspecified atom stereocenters. The third-order valence-corrected chi connectivity index (χ3v) is 3.42. The van der Waals surface area contributed by atoms with Gasteiger partial charge in [0.05, 0.1) is 0 Å². The molecule has 0 atom stereocenters. The number of hydrogen-bond donors (Lipinski definition) is 2. The van der Waals surface area contributed by atoms with E-state index in [1.54, 1.807) is 6.92 Å². The monoisotopic (exact) mass is 226 g/mol. The van der Waals surface area contributed by atoms with E-state index in [4.69, 9.17) is 0 Å². The van der Waals surface area contributed by atoms with Crippen LogP contribution in [0.2, 0.25) is 0 Å². The molecule has 0 radical (unpaired) electrons. The second-order valence-corrected chi connectivity index (χ2v) is 5.39. The zero-order valence-corrected chi connectivity index (χ0v) is 10.9. The summed E-state index contributed by atoms with van der Waals surface area (Å²) in [5.74, 6) is 1.65. The predicted octanol–water partition coefficient (Wildman–Crippen LogP) is 1.93. The van der Waals surface area contributed by atoms with Crippen molar-refractivity contribution in [2.45, 2.75) is 52.5 Å². The van der Waals surface area contributed by atoms with Crippen LogP contribution in [0.3, 0.4) is 0 Å². The van der Waals surface area contributed by atoms with Gasteiger partial charge in [0.1, 0.15) is 0 Å². The van der Waals surface area contributed by atoms with Gasteiger partial charge in [-0.25, -0.2) is 0 Å². The molecule has 0 aromatic carbocycles. The average Bonchev–Trinajstić information content (AvgIpc) is 2.25. The molecule has 3 heteroatoms. The number of amides is 1. The Morgan fingerprint density at radius 3 is 2.06 bits per heavy atom. The summed E-state index contributed by atoms with van der Waals surface area (Å²) in [7, 11) is 0. The smallest absolute Gasteiger partial charge is 0.216 e. The number of carbonyl (C=O) groups excluding carboxylic acids is 1. The van der Waals surface area contributed by atoms with Crippen molar-refractivity contribution in [2.75, 3.05) is 13.1 Å². The fourth-order valence-electron chi connectivity index (χ4n) is 2.33. The molecular weight excluding hydrogens is 200 g/mol. The quantitative estimate of drug-likeness (QED) is 0.752. The van der Waals surface area contributed by atoms with Gasteiger partial charge in [-0.1, -0.05) is 13.8 Å². The standard InChI is InChI=1S/C13H26N2O/c1-10(2)14-8-12-4-6-13(7-5-12)9-15-11(3)16/h10,12-14H,4-9H2,1-3H3,(H,15,16). The largest absolute Gasteiger partial charge is 0.356 e. The zero-order valence-electron chi connectivity index (χ0n) is 10.9. The molecule has 3 nitrogen and oxygen atoms in total. The number of hydrogen-bond acceptors (Lipinski definition) is 2. The fourth-order valence-corrected chi connectivity index (χ4v) is 2.33. The van der Waals surface area contributed by atoms with Crippen LogP contribution in [-0.4, -0.2) is 25.0 Å². The van der Waals surface area contributed by atoms with Gasteiger partial charge in [0.15, 0.2) is 0 Å². The Kier molecular flexibility index (Phi) is 5.81. The SMILES string of the molecule is CC(=O)NCC1CCC(CNC(C)C)CC1. The van der Waals surface area contributed by atoms with E-state index in [1.165, 1.54) is 25.7 Å². The first-order chi connectivity index (χ1) is 7.58. The molecule has 2 N–H and O–H groups in total. The number of rotatable bonds is 5. The van der Waals surface area contributed by atoms with Crippen LogP contribution in [0.25, 0.3) is 0 Å². The highest BCUT2D eigenvalue weighted by molar-refractivity contribution is 5.72. The molecule has 16 heavy (non-hydrogen) atoms. The molecule has 1 aliphatic carbocycles. The molecule has 0 aliphatic heterocycles. The van der Waals surface area contributed by atoms with Gasteiger partial charge >= 0.3 is 0 Å². The molecule has 0 bridgehead atoms. The predicted molar refractivity (Wildman–Crippen MR) is 67.3 cm³/mol. The lowest BCUT2D eigenvalue weighted by molar-refractivity contribution is -0.119. The van der Waals surface area contributed by atoms with Crippen molar-refractivity contribution in [3.8, 4) is 0 Å². The van der Waals surface area contributed by atoms with Gasteiger partial charge < -0.3 is 10.6 Å². The van der Waals surface area contributed by atoms with Crippen LogP contribution < -0.4 is 10.6 Å². The van der Waals surface area contributed by atoms with E-state index in [0.29, 0.717) is 12.0 Å². The van der Waals surface area contributed by atoms with Crippen molar-refractivity contribution in [2.24, 2.45) is 11.8 Å². The minimum Gasteiger partial charge on any atom is -0.356 e. The van der Waals surface area contributed by atoms with Crippen LogP contribution in [0, 0.1) is 11.8 Å². The Bertz CT molecular complexity index is 208. The normalized spacial score (nSPS) is 25.8. The van der Waals surface area contributed by atoms with Crippen LogP contribution in [-0.2, 0) is 4.79 Å². The second kappa shape index (κ2) is 6.89. The molecule has 0 aromatic rings. The molecule has 94 valence electrons. The van der Waals surface area contributed by atoms with Gasteiger partial charge in [0, 0.05) is 19.5 Å². The van der Waals surface area contributed by atoms with Crippen molar-refractivity contribution in [1.29, 1.82) is 0 Å². The van der Waals surface area contributed by atoms with Crippen molar-refractivity contribution < 1.29 is 4.79 Å². The van der Waals surface area contributed by atoms with E-state index >= 15 is 0 Å². The third kappa shape index (κ3) is 5.50. The highest BCUT2D eigenvalue weighted by Gasteiger charge is 2.20. The molecule has 0 saturated heterocycles. The number of carbonyl (C=O) groups is 1. The fraction of sp³-hybridized carbons (Fsp3) is 0.923. The van der Waals surface area contributed by atoms with Gasteiger partial charge in [0.2, 0.25) is 5.91 Å². The summed E-state index contributed by atoms with van der Waals surface area (Å²) in [6, 6.07) is 0.595. The van der Waals surface area contributed by atoms with Crippen LogP contribution in [0.4, 0.5) is 0 Å². The Hall–Kier alpha value is -0.570. The molecule has 1 fully saturated rings.